The molecule has 2 heterocycles. The second-order valence-corrected chi connectivity index (χ2v) is 8.44. The number of fused-ring (bicyclic) bond motifs is 16. The molecule has 10 heteroatoms. The van der Waals surface area contributed by atoms with Crippen molar-refractivity contribution in [1.29, 1.82) is 0 Å². The van der Waals surface area contributed by atoms with Crippen molar-refractivity contribution in [3.05, 3.63) is 53.3 Å². The molecule has 4 bridgehead atoms. The summed E-state index contributed by atoms with van der Waals surface area (Å²) in [5, 5.41) is 11.6. The van der Waals surface area contributed by atoms with Crippen LogP contribution in [0.5, 0.6) is 17.2 Å². The van der Waals surface area contributed by atoms with Gasteiger partial charge >= 0.3 is 0 Å². The van der Waals surface area contributed by atoms with Crippen LogP contribution in [-0.4, -0.2) is 50.5 Å². The van der Waals surface area contributed by atoms with Gasteiger partial charge in [-0.1, -0.05) is 13.0 Å². The molecule has 0 radical (unpaired) electrons. The number of methoxy groups -OCH3 is 1. The van der Waals surface area contributed by atoms with Gasteiger partial charge in [-0.2, -0.15) is 0 Å². The van der Waals surface area contributed by atoms with Gasteiger partial charge in [-0.25, -0.2) is 4.39 Å². The maximum atomic E-state index is 14.8. The van der Waals surface area contributed by atoms with E-state index in [1.807, 2.05) is 6.92 Å². The monoisotopic (exact) mass is 500 g/mol. The summed E-state index contributed by atoms with van der Waals surface area (Å²) in [5.74, 6) is -0.948. The van der Waals surface area contributed by atoms with Crippen molar-refractivity contribution < 1.29 is 28.2 Å². The Balaban J connectivity index is 1.80. The molecule has 0 saturated carbocycles. The number of carbonyl (C=O) groups excluding carboxylic acids is 3. The molecule has 0 unspecified atom stereocenters. The van der Waals surface area contributed by atoms with E-state index in [9.17, 15) is 18.8 Å². The first-order chi connectivity index (χ1) is 17.4. The highest BCUT2D eigenvalue weighted by atomic mass is 19.1. The Morgan fingerprint density at radius 1 is 1.00 bits per heavy atom. The third-order valence-electron chi connectivity index (χ3n) is 5.74. The van der Waals surface area contributed by atoms with Crippen LogP contribution >= 0.6 is 0 Å². The Morgan fingerprint density at radius 2 is 1.81 bits per heavy atom. The highest BCUT2D eigenvalue weighted by Crippen LogP contribution is 2.34. The smallest absolute Gasteiger partial charge is 0.251 e. The van der Waals surface area contributed by atoms with Crippen molar-refractivity contribution in [3.63, 3.8) is 0 Å². The Bertz CT molecular complexity index is 1080. The molecule has 2 aliphatic heterocycles. The predicted octanol–water partition coefficient (Wildman–Crippen LogP) is 2.64. The van der Waals surface area contributed by atoms with E-state index in [1.165, 1.54) is 25.3 Å². The maximum Gasteiger partial charge on any atom is 0.251 e. The van der Waals surface area contributed by atoms with Gasteiger partial charge in [0, 0.05) is 25.1 Å². The molecule has 0 spiro atoms. The summed E-state index contributed by atoms with van der Waals surface area (Å²) in [7, 11) is 1.46. The van der Waals surface area contributed by atoms with Gasteiger partial charge in [0.25, 0.3) is 5.91 Å². The number of benzene rings is 2. The molecule has 4 N–H and O–H groups in total. The van der Waals surface area contributed by atoms with Gasteiger partial charge < -0.3 is 30.7 Å². The third kappa shape index (κ3) is 7.67. The van der Waals surface area contributed by atoms with Crippen LogP contribution in [0, 0.1) is 5.82 Å². The van der Waals surface area contributed by atoms with Crippen molar-refractivity contribution in [2.75, 3.05) is 26.7 Å². The van der Waals surface area contributed by atoms with E-state index in [2.05, 4.69) is 21.3 Å². The number of rotatable bonds is 2. The number of hydrogen-bond acceptors (Lipinski definition) is 6. The van der Waals surface area contributed by atoms with E-state index in [0.717, 1.165) is 0 Å². The Kier molecular flexibility index (Phi) is 10.1. The SMILES string of the molecule is CC[C@@H]1NC(=O)CCCNCCCNC(=O)c2ccc(OC)c(c2)Oc2ccc(cc2F)CNC1=O. The van der Waals surface area contributed by atoms with Crippen molar-refractivity contribution in [2.24, 2.45) is 0 Å². The molecule has 0 fully saturated rings. The summed E-state index contributed by atoms with van der Waals surface area (Å²) in [6.45, 7) is 3.68. The van der Waals surface area contributed by atoms with Crippen molar-refractivity contribution in [2.45, 2.75) is 45.2 Å². The summed E-state index contributed by atoms with van der Waals surface area (Å²) in [4.78, 5) is 37.4. The number of carbonyl (C=O) groups is 3. The first kappa shape index (κ1) is 26.9. The summed E-state index contributed by atoms with van der Waals surface area (Å²) in [5.41, 5.74) is 0.882. The zero-order valence-electron chi connectivity index (χ0n) is 20.6. The van der Waals surface area contributed by atoms with Crippen LogP contribution in [0.25, 0.3) is 0 Å². The van der Waals surface area contributed by atoms with E-state index in [0.29, 0.717) is 62.2 Å². The molecule has 2 aromatic rings. The molecule has 0 saturated heterocycles. The molecule has 0 aliphatic carbocycles. The fourth-order valence-electron chi connectivity index (χ4n) is 3.70. The van der Waals surface area contributed by atoms with E-state index < -0.39 is 11.9 Å². The minimum absolute atomic E-state index is 0.0518. The normalized spacial score (nSPS) is 18.4. The summed E-state index contributed by atoms with van der Waals surface area (Å²) < 4.78 is 25.9. The molecule has 194 valence electrons. The number of ether oxygens (including phenoxy) is 2. The second kappa shape index (κ2) is 13.4. The van der Waals surface area contributed by atoms with Crippen LogP contribution in [0.2, 0.25) is 0 Å². The average Bonchev–Trinajstić information content (AvgIpc) is 2.88. The Labute approximate surface area is 210 Å². The molecule has 36 heavy (non-hydrogen) atoms. The zero-order valence-corrected chi connectivity index (χ0v) is 20.6. The molecule has 3 amide bonds. The second-order valence-electron chi connectivity index (χ2n) is 8.44. The standard InChI is InChI=1S/C26H33FN4O5/c1-3-20-26(34)30-16-17-7-9-21(19(27)14-17)36-23-15-18(8-10-22(23)35-2)25(33)29-13-5-12-28-11-4-6-24(32)31-20/h7-10,14-15,20,28H,3-6,11-13,16H2,1-2H3,(H,29,33)(H,30,34)(H,31,32)/t20-/m0/s1. The first-order valence-electron chi connectivity index (χ1n) is 12.1. The quantitative estimate of drug-likeness (QED) is 0.504. The fraction of sp³-hybridized carbons (Fsp3) is 0.423. The summed E-state index contributed by atoms with van der Waals surface area (Å²) in [6, 6.07) is 8.38. The van der Waals surface area contributed by atoms with Crippen LogP contribution in [0.1, 0.15) is 48.5 Å². The molecular formula is C26H33FN4O5. The summed E-state index contributed by atoms with van der Waals surface area (Å²) >= 11 is 0. The third-order valence-corrected chi connectivity index (χ3v) is 5.74. The number of hydrogen-bond donors (Lipinski definition) is 4. The van der Waals surface area contributed by atoms with Crippen molar-refractivity contribution in [1.82, 2.24) is 21.3 Å². The predicted molar refractivity (Wildman–Crippen MR) is 133 cm³/mol. The lowest BCUT2D eigenvalue weighted by Gasteiger charge is -2.17. The van der Waals surface area contributed by atoms with Gasteiger partial charge in [0.1, 0.15) is 6.04 Å². The highest BCUT2D eigenvalue weighted by molar-refractivity contribution is 5.94. The van der Waals surface area contributed by atoms with Gasteiger partial charge in [-0.15, -0.1) is 0 Å². The molecule has 2 aromatic carbocycles. The van der Waals surface area contributed by atoms with Gasteiger partial charge in [0.2, 0.25) is 11.8 Å². The van der Waals surface area contributed by atoms with Crippen LogP contribution in [0.15, 0.2) is 36.4 Å². The van der Waals surface area contributed by atoms with Crippen LogP contribution < -0.4 is 30.7 Å². The topological polar surface area (TPSA) is 118 Å². The molecule has 9 nitrogen and oxygen atoms in total. The fourth-order valence-corrected chi connectivity index (χ4v) is 3.70. The minimum atomic E-state index is -0.664. The molecule has 1 atom stereocenters. The average molecular weight is 501 g/mol. The lowest BCUT2D eigenvalue weighted by atomic mass is 10.1. The first-order valence-corrected chi connectivity index (χ1v) is 12.1. The van der Waals surface area contributed by atoms with Crippen LogP contribution in [-0.2, 0) is 16.1 Å². The minimum Gasteiger partial charge on any atom is -0.493 e. The number of halogens is 1. The lowest BCUT2D eigenvalue weighted by Crippen LogP contribution is -2.46. The molecule has 0 aromatic heterocycles. The number of nitrogens with one attached hydrogen (secondary N) is 4. The molecule has 4 rings (SSSR count). The highest BCUT2D eigenvalue weighted by Gasteiger charge is 2.19. The maximum absolute atomic E-state index is 14.8. The van der Waals surface area contributed by atoms with Crippen molar-refractivity contribution in [3.8, 4) is 17.2 Å². The molecule has 2 aliphatic rings. The van der Waals surface area contributed by atoms with Crippen LogP contribution in [0.3, 0.4) is 0 Å². The van der Waals surface area contributed by atoms with E-state index in [4.69, 9.17) is 9.47 Å². The Hall–Kier alpha value is -3.66. The van der Waals surface area contributed by atoms with Crippen molar-refractivity contribution >= 4 is 17.7 Å². The van der Waals surface area contributed by atoms with E-state index in [-0.39, 0.29) is 35.8 Å². The van der Waals surface area contributed by atoms with Gasteiger partial charge in [-0.3, -0.25) is 14.4 Å². The largest absolute Gasteiger partial charge is 0.493 e. The lowest BCUT2D eigenvalue weighted by molar-refractivity contribution is -0.129. The van der Waals surface area contributed by atoms with E-state index in [1.54, 1.807) is 18.2 Å². The van der Waals surface area contributed by atoms with Gasteiger partial charge in [0.05, 0.1) is 7.11 Å². The van der Waals surface area contributed by atoms with Crippen LogP contribution in [0.4, 0.5) is 4.39 Å². The number of amides is 3. The summed E-state index contributed by atoms with van der Waals surface area (Å²) in [6.07, 6.45) is 2.05. The zero-order chi connectivity index (χ0) is 25.9. The van der Waals surface area contributed by atoms with E-state index >= 15 is 0 Å². The van der Waals surface area contributed by atoms with Gasteiger partial charge in [-0.05, 0) is 68.2 Å². The van der Waals surface area contributed by atoms with Gasteiger partial charge in [0.15, 0.2) is 23.1 Å². The Morgan fingerprint density at radius 3 is 2.56 bits per heavy atom. The molecular weight excluding hydrogens is 467 g/mol.